The Morgan fingerprint density at radius 3 is 2.78 bits per heavy atom. The highest BCUT2D eigenvalue weighted by Crippen LogP contribution is 2.28. The zero-order valence-electron chi connectivity index (χ0n) is 11.4. The van der Waals surface area contributed by atoms with Gasteiger partial charge in [-0.05, 0) is 37.7 Å². The molecule has 1 N–H and O–H groups in total. The van der Waals surface area contributed by atoms with E-state index in [1.165, 1.54) is 50.6 Å². The molecule has 0 amide bonds. The summed E-state index contributed by atoms with van der Waals surface area (Å²) in [4.78, 5) is 0. The lowest BCUT2D eigenvalue weighted by atomic mass is 9.82. The van der Waals surface area contributed by atoms with Gasteiger partial charge in [0.2, 0.25) is 0 Å². The van der Waals surface area contributed by atoms with E-state index in [4.69, 9.17) is 5.10 Å². The molecule has 2 fully saturated rings. The molecule has 3 heteroatoms. The smallest absolute Gasteiger partial charge is 0.0762 e. The molecule has 2 saturated carbocycles. The summed E-state index contributed by atoms with van der Waals surface area (Å²) >= 11 is 0. The monoisotopic (exact) mass is 247 g/mol. The number of nitrogens with zero attached hydrogens (tertiary/aromatic N) is 2. The molecule has 0 aliphatic heterocycles. The number of hydrogen-bond acceptors (Lipinski definition) is 2. The van der Waals surface area contributed by atoms with Crippen molar-refractivity contribution in [2.24, 2.45) is 5.92 Å². The van der Waals surface area contributed by atoms with Crippen molar-refractivity contribution in [3.8, 4) is 0 Å². The third-order valence-electron chi connectivity index (χ3n) is 4.56. The van der Waals surface area contributed by atoms with E-state index in [9.17, 15) is 0 Å². The molecular formula is C15H25N3. The van der Waals surface area contributed by atoms with E-state index in [0.29, 0.717) is 6.04 Å². The number of aromatic nitrogens is 2. The number of nitrogens with one attached hydrogen (secondary N) is 1. The molecule has 0 unspecified atom stereocenters. The van der Waals surface area contributed by atoms with Gasteiger partial charge in [0.25, 0.3) is 0 Å². The predicted molar refractivity (Wildman–Crippen MR) is 73.4 cm³/mol. The van der Waals surface area contributed by atoms with Crippen LogP contribution in [0.2, 0.25) is 0 Å². The highest BCUT2D eigenvalue weighted by atomic mass is 15.3. The fourth-order valence-corrected chi connectivity index (χ4v) is 3.34. The van der Waals surface area contributed by atoms with Gasteiger partial charge in [-0.3, -0.25) is 4.68 Å². The zero-order chi connectivity index (χ0) is 12.4. The summed E-state index contributed by atoms with van der Waals surface area (Å²) in [5, 5.41) is 8.34. The summed E-state index contributed by atoms with van der Waals surface area (Å²) in [7, 11) is 0. The summed E-state index contributed by atoms with van der Waals surface area (Å²) < 4.78 is 2.21. The van der Waals surface area contributed by atoms with Crippen LogP contribution in [0.25, 0.3) is 0 Å². The fourth-order valence-electron chi connectivity index (χ4n) is 3.34. The van der Waals surface area contributed by atoms with Crippen LogP contribution in [0.5, 0.6) is 0 Å². The largest absolute Gasteiger partial charge is 0.308 e. The SMILES string of the molecule is CC1CC(NCc2ccn(C3CCCCC3)n2)C1. The van der Waals surface area contributed by atoms with Crippen LogP contribution in [0, 0.1) is 5.92 Å². The molecule has 0 saturated heterocycles. The molecule has 3 rings (SSSR count). The van der Waals surface area contributed by atoms with Crippen LogP contribution in [-0.4, -0.2) is 15.8 Å². The molecule has 100 valence electrons. The highest BCUT2D eigenvalue weighted by molar-refractivity contribution is 5.00. The minimum atomic E-state index is 0.663. The Morgan fingerprint density at radius 1 is 1.28 bits per heavy atom. The van der Waals surface area contributed by atoms with Crippen molar-refractivity contribution in [2.45, 2.75) is 70.5 Å². The van der Waals surface area contributed by atoms with Gasteiger partial charge in [-0.1, -0.05) is 26.2 Å². The Morgan fingerprint density at radius 2 is 2.06 bits per heavy atom. The van der Waals surface area contributed by atoms with Gasteiger partial charge in [-0.25, -0.2) is 0 Å². The average molecular weight is 247 g/mol. The van der Waals surface area contributed by atoms with Gasteiger partial charge in [-0.2, -0.15) is 5.10 Å². The summed E-state index contributed by atoms with van der Waals surface area (Å²) in [5.41, 5.74) is 1.21. The van der Waals surface area contributed by atoms with E-state index >= 15 is 0 Å². The molecule has 18 heavy (non-hydrogen) atoms. The maximum atomic E-state index is 4.74. The van der Waals surface area contributed by atoms with Crippen LogP contribution in [0.15, 0.2) is 12.3 Å². The molecule has 2 aliphatic rings. The Labute approximate surface area is 110 Å². The van der Waals surface area contributed by atoms with Crippen molar-refractivity contribution in [2.75, 3.05) is 0 Å². The lowest BCUT2D eigenvalue weighted by Gasteiger charge is -2.33. The van der Waals surface area contributed by atoms with Crippen molar-refractivity contribution < 1.29 is 0 Å². The molecule has 1 aromatic heterocycles. The minimum absolute atomic E-state index is 0.663. The van der Waals surface area contributed by atoms with Crippen LogP contribution in [0.1, 0.15) is 63.6 Å². The second-order valence-electron chi connectivity index (χ2n) is 6.23. The first-order chi connectivity index (χ1) is 8.81. The Hall–Kier alpha value is -0.830. The standard InChI is InChI=1S/C15H25N3/c1-12-9-14(10-12)16-11-13-7-8-18(17-13)15-5-3-2-4-6-15/h7-8,12,14-16H,2-6,9-11H2,1H3. The molecule has 0 aromatic carbocycles. The van der Waals surface area contributed by atoms with Gasteiger partial charge in [0.05, 0.1) is 11.7 Å². The summed E-state index contributed by atoms with van der Waals surface area (Å²) in [6, 6.07) is 3.58. The minimum Gasteiger partial charge on any atom is -0.308 e. The van der Waals surface area contributed by atoms with Gasteiger partial charge in [0, 0.05) is 18.8 Å². The van der Waals surface area contributed by atoms with Gasteiger partial charge < -0.3 is 5.32 Å². The Kier molecular flexibility index (Phi) is 3.69. The maximum absolute atomic E-state index is 4.74. The summed E-state index contributed by atoms with van der Waals surface area (Å²) in [6.07, 6.45) is 11.6. The second-order valence-corrected chi connectivity index (χ2v) is 6.23. The van der Waals surface area contributed by atoms with Gasteiger partial charge >= 0.3 is 0 Å². The lowest BCUT2D eigenvalue weighted by Crippen LogP contribution is -2.39. The van der Waals surface area contributed by atoms with E-state index in [-0.39, 0.29) is 0 Å². The first-order valence-electron chi connectivity index (χ1n) is 7.58. The van der Waals surface area contributed by atoms with Gasteiger partial charge in [-0.15, -0.1) is 0 Å². The fraction of sp³-hybridized carbons (Fsp3) is 0.800. The molecule has 1 heterocycles. The van der Waals surface area contributed by atoms with Crippen LogP contribution in [0.4, 0.5) is 0 Å². The van der Waals surface area contributed by atoms with Crippen molar-refractivity contribution in [1.29, 1.82) is 0 Å². The van der Waals surface area contributed by atoms with Gasteiger partial charge in [0.15, 0.2) is 0 Å². The molecule has 3 nitrogen and oxygen atoms in total. The predicted octanol–water partition coefficient (Wildman–Crippen LogP) is 3.28. The maximum Gasteiger partial charge on any atom is 0.0762 e. The highest BCUT2D eigenvalue weighted by Gasteiger charge is 2.24. The summed E-state index contributed by atoms with van der Waals surface area (Å²) in [6.45, 7) is 3.27. The van der Waals surface area contributed by atoms with Crippen molar-refractivity contribution in [3.05, 3.63) is 18.0 Å². The van der Waals surface area contributed by atoms with E-state index in [1.807, 2.05) is 0 Å². The van der Waals surface area contributed by atoms with Crippen LogP contribution >= 0.6 is 0 Å². The molecule has 1 aromatic rings. The van der Waals surface area contributed by atoms with E-state index < -0.39 is 0 Å². The normalized spacial score (nSPS) is 29.2. The van der Waals surface area contributed by atoms with E-state index in [1.54, 1.807) is 0 Å². The zero-order valence-corrected chi connectivity index (χ0v) is 11.4. The van der Waals surface area contributed by atoms with Gasteiger partial charge in [0.1, 0.15) is 0 Å². The van der Waals surface area contributed by atoms with Crippen LogP contribution in [-0.2, 0) is 6.54 Å². The van der Waals surface area contributed by atoms with E-state index in [0.717, 1.165) is 18.5 Å². The Balaban J connectivity index is 1.49. The number of hydrogen-bond donors (Lipinski definition) is 1. The first kappa shape index (κ1) is 12.2. The van der Waals surface area contributed by atoms with Crippen LogP contribution in [0.3, 0.4) is 0 Å². The molecule has 0 spiro atoms. The molecular weight excluding hydrogens is 222 g/mol. The van der Waals surface area contributed by atoms with Crippen molar-refractivity contribution in [1.82, 2.24) is 15.1 Å². The third kappa shape index (κ3) is 2.77. The topological polar surface area (TPSA) is 29.9 Å². The third-order valence-corrected chi connectivity index (χ3v) is 4.56. The summed E-state index contributed by atoms with van der Waals surface area (Å²) in [5.74, 6) is 0.919. The van der Waals surface area contributed by atoms with Crippen molar-refractivity contribution >= 4 is 0 Å². The average Bonchev–Trinajstić information content (AvgIpc) is 2.83. The first-order valence-corrected chi connectivity index (χ1v) is 7.58. The number of rotatable bonds is 4. The molecule has 2 aliphatic carbocycles. The second kappa shape index (κ2) is 5.43. The van der Waals surface area contributed by atoms with Crippen LogP contribution < -0.4 is 5.32 Å². The lowest BCUT2D eigenvalue weighted by molar-refractivity contribution is 0.239. The molecule has 0 radical (unpaired) electrons. The quantitative estimate of drug-likeness (QED) is 0.885. The molecule has 0 bridgehead atoms. The molecule has 0 atom stereocenters. The Bertz CT molecular complexity index is 373. The van der Waals surface area contributed by atoms with E-state index in [2.05, 4.69) is 29.2 Å². The van der Waals surface area contributed by atoms with Crippen molar-refractivity contribution in [3.63, 3.8) is 0 Å².